The van der Waals surface area contributed by atoms with Crippen LogP contribution >= 0.6 is 0 Å². The molecule has 2 N–H and O–H groups in total. The quantitative estimate of drug-likeness (QED) is 0.303. The highest BCUT2D eigenvalue weighted by Gasteiger charge is 2.28. The molecule has 0 saturated carbocycles. The highest BCUT2D eigenvalue weighted by molar-refractivity contribution is 6.03. The van der Waals surface area contributed by atoms with E-state index in [0.29, 0.717) is 6.42 Å². The number of nitrogens with one attached hydrogen (secondary N) is 2. The zero-order valence-electron chi connectivity index (χ0n) is 19.8. The third-order valence-electron chi connectivity index (χ3n) is 6.07. The van der Waals surface area contributed by atoms with Crippen molar-refractivity contribution in [2.24, 2.45) is 0 Å². The molecule has 4 rings (SSSR count). The summed E-state index contributed by atoms with van der Waals surface area (Å²) in [6.07, 6.45) is 0.551. The zero-order valence-corrected chi connectivity index (χ0v) is 19.8. The maximum atomic E-state index is 13.3. The van der Waals surface area contributed by atoms with Gasteiger partial charge in [0.25, 0.3) is 0 Å². The number of hydrogen-bond donors (Lipinski definition) is 2. The standard InChI is InChI=1S/C29H28N2O4/c1-19(32)30-26(16-20-10-4-3-5-11-20)28(33)31-27(29(34)35-2)18-25-23-14-8-6-12-21(23)17-22-13-7-9-15-24(22)25/h3-15,17,26-27H,16,18H2,1-2H3,(H,30,32)(H,31,33)/t26-,27+/m0/s1. The van der Waals surface area contributed by atoms with E-state index in [0.717, 1.165) is 32.7 Å². The second-order valence-corrected chi connectivity index (χ2v) is 8.53. The van der Waals surface area contributed by atoms with Crippen molar-refractivity contribution in [3.8, 4) is 0 Å². The van der Waals surface area contributed by atoms with Gasteiger partial charge in [-0.3, -0.25) is 9.59 Å². The number of amides is 2. The van der Waals surface area contributed by atoms with Gasteiger partial charge in [0.2, 0.25) is 11.8 Å². The van der Waals surface area contributed by atoms with Crippen molar-refractivity contribution in [2.45, 2.75) is 31.8 Å². The molecule has 178 valence electrons. The van der Waals surface area contributed by atoms with Crippen LogP contribution in [-0.4, -0.2) is 37.0 Å². The summed E-state index contributed by atoms with van der Waals surface area (Å²) in [6, 6.07) is 25.7. The van der Waals surface area contributed by atoms with Crippen molar-refractivity contribution in [3.63, 3.8) is 0 Å². The Balaban J connectivity index is 1.67. The molecular weight excluding hydrogens is 440 g/mol. The number of hydrogen-bond acceptors (Lipinski definition) is 4. The van der Waals surface area contributed by atoms with Gasteiger partial charge in [-0.15, -0.1) is 0 Å². The SMILES string of the molecule is COC(=O)[C@@H](Cc1c2ccccc2cc2ccccc12)NC(=O)[C@H](Cc1ccccc1)NC(C)=O. The Bertz CT molecular complexity index is 1310. The molecule has 2 atom stereocenters. The molecule has 0 heterocycles. The Hall–Kier alpha value is -4.19. The first kappa shape index (κ1) is 24.0. The lowest BCUT2D eigenvalue weighted by Gasteiger charge is -2.23. The number of methoxy groups -OCH3 is 1. The summed E-state index contributed by atoms with van der Waals surface area (Å²) in [4.78, 5) is 37.9. The monoisotopic (exact) mass is 468 g/mol. The maximum Gasteiger partial charge on any atom is 0.328 e. The number of carbonyl (C=O) groups is 3. The summed E-state index contributed by atoms with van der Waals surface area (Å²) in [5, 5.41) is 9.68. The van der Waals surface area contributed by atoms with Crippen molar-refractivity contribution < 1.29 is 19.1 Å². The van der Waals surface area contributed by atoms with E-state index in [-0.39, 0.29) is 12.3 Å². The minimum atomic E-state index is -0.922. The van der Waals surface area contributed by atoms with Crippen LogP contribution in [0.5, 0.6) is 0 Å². The number of esters is 1. The molecule has 0 unspecified atom stereocenters. The highest BCUT2D eigenvalue weighted by Crippen LogP contribution is 2.29. The van der Waals surface area contributed by atoms with Gasteiger partial charge in [-0.05, 0) is 38.7 Å². The average molecular weight is 469 g/mol. The third kappa shape index (κ3) is 5.66. The van der Waals surface area contributed by atoms with Gasteiger partial charge in [0.1, 0.15) is 12.1 Å². The summed E-state index contributed by atoms with van der Waals surface area (Å²) < 4.78 is 5.05. The van der Waals surface area contributed by atoms with Gasteiger partial charge in [-0.2, -0.15) is 0 Å². The molecule has 4 aromatic rings. The van der Waals surface area contributed by atoms with Crippen molar-refractivity contribution in [1.29, 1.82) is 0 Å². The number of fused-ring (bicyclic) bond motifs is 2. The van der Waals surface area contributed by atoms with Crippen LogP contribution in [0.2, 0.25) is 0 Å². The normalized spacial score (nSPS) is 12.6. The first-order valence-electron chi connectivity index (χ1n) is 11.5. The van der Waals surface area contributed by atoms with Gasteiger partial charge in [-0.1, -0.05) is 78.9 Å². The fourth-order valence-electron chi connectivity index (χ4n) is 4.44. The second-order valence-electron chi connectivity index (χ2n) is 8.53. The smallest absolute Gasteiger partial charge is 0.328 e. The second kappa shape index (κ2) is 10.8. The molecule has 6 heteroatoms. The maximum absolute atomic E-state index is 13.3. The van der Waals surface area contributed by atoms with Gasteiger partial charge in [0.05, 0.1) is 7.11 Å². The van der Waals surface area contributed by atoms with Gasteiger partial charge in [-0.25, -0.2) is 4.79 Å². The summed E-state index contributed by atoms with van der Waals surface area (Å²) in [7, 11) is 1.30. The first-order chi connectivity index (χ1) is 17.0. The minimum absolute atomic E-state index is 0.248. The van der Waals surface area contributed by atoms with Crippen LogP contribution in [-0.2, 0) is 32.0 Å². The van der Waals surface area contributed by atoms with Crippen LogP contribution < -0.4 is 10.6 Å². The summed E-state index contributed by atoms with van der Waals surface area (Å²) in [6.45, 7) is 1.37. The van der Waals surface area contributed by atoms with E-state index in [2.05, 4.69) is 16.7 Å². The average Bonchev–Trinajstić information content (AvgIpc) is 2.87. The molecule has 0 aliphatic carbocycles. The molecular formula is C29H28N2O4. The molecule has 0 aromatic heterocycles. The minimum Gasteiger partial charge on any atom is -0.467 e. The molecule has 35 heavy (non-hydrogen) atoms. The summed E-state index contributed by atoms with van der Waals surface area (Å²) in [5.41, 5.74) is 1.85. The van der Waals surface area contributed by atoms with Crippen LogP contribution in [0.3, 0.4) is 0 Å². The van der Waals surface area contributed by atoms with Crippen LogP contribution in [0.1, 0.15) is 18.1 Å². The van der Waals surface area contributed by atoms with Gasteiger partial charge in [0.15, 0.2) is 0 Å². The zero-order chi connectivity index (χ0) is 24.8. The Labute approximate surface area is 204 Å². The topological polar surface area (TPSA) is 84.5 Å². The predicted octanol–water partition coefficient (Wildman–Crippen LogP) is 3.94. The van der Waals surface area contributed by atoms with Crippen LogP contribution in [0.4, 0.5) is 0 Å². The van der Waals surface area contributed by atoms with E-state index in [9.17, 15) is 14.4 Å². The molecule has 2 amide bonds. The van der Waals surface area contributed by atoms with E-state index >= 15 is 0 Å². The molecule has 0 saturated heterocycles. The predicted molar refractivity (Wildman–Crippen MR) is 137 cm³/mol. The number of ether oxygens (including phenoxy) is 1. The van der Waals surface area contributed by atoms with Gasteiger partial charge in [0, 0.05) is 19.8 Å². The molecule has 0 bridgehead atoms. The van der Waals surface area contributed by atoms with E-state index in [1.54, 1.807) is 0 Å². The molecule has 0 aliphatic heterocycles. The molecule has 0 fully saturated rings. The molecule has 6 nitrogen and oxygen atoms in total. The highest BCUT2D eigenvalue weighted by atomic mass is 16.5. The van der Waals surface area contributed by atoms with E-state index in [4.69, 9.17) is 4.74 Å². The molecule has 0 aliphatic rings. The van der Waals surface area contributed by atoms with Crippen LogP contribution in [0.25, 0.3) is 21.5 Å². The number of rotatable bonds is 8. The van der Waals surface area contributed by atoms with Gasteiger partial charge < -0.3 is 15.4 Å². The van der Waals surface area contributed by atoms with E-state index in [1.165, 1.54) is 14.0 Å². The Kier molecular flexibility index (Phi) is 7.41. The van der Waals surface area contributed by atoms with Crippen molar-refractivity contribution in [3.05, 3.63) is 96.1 Å². The Morgan fingerprint density at radius 1 is 0.743 bits per heavy atom. The van der Waals surface area contributed by atoms with Crippen molar-refractivity contribution in [2.75, 3.05) is 7.11 Å². The van der Waals surface area contributed by atoms with Crippen LogP contribution in [0, 0.1) is 0 Å². The van der Waals surface area contributed by atoms with Gasteiger partial charge >= 0.3 is 5.97 Å². The van der Waals surface area contributed by atoms with Crippen LogP contribution in [0.15, 0.2) is 84.9 Å². The fraction of sp³-hybridized carbons (Fsp3) is 0.207. The summed E-state index contributed by atoms with van der Waals surface area (Å²) >= 11 is 0. The molecule has 4 aromatic carbocycles. The number of carbonyl (C=O) groups excluding carboxylic acids is 3. The Morgan fingerprint density at radius 3 is 1.89 bits per heavy atom. The largest absolute Gasteiger partial charge is 0.467 e. The van der Waals surface area contributed by atoms with E-state index in [1.807, 2.05) is 78.9 Å². The lowest BCUT2D eigenvalue weighted by atomic mass is 9.92. The van der Waals surface area contributed by atoms with Crippen molar-refractivity contribution >= 4 is 39.3 Å². The third-order valence-corrected chi connectivity index (χ3v) is 6.07. The lowest BCUT2D eigenvalue weighted by molar-refractivity contribution is -0.145. The Morgan fingerprint density at radius 2 is 1.31 bits per heavy atom. The molecule has 0 spiro atoms. The molecule has 0 radical (unpaired) electrons. The summed E-state index contributed by atoms with van der Waals surface area (Å²) in [5.74, 6) is -1.31. The first-order valence-corrected chi connectivity index (χ1v) is 11.5. The van der Waals surface area contributed by atoms with E-state index < -0.39 is 24.0 Å². The number of benzene rings is 4. The van der Waals surface area contributed by atoms with Crippen molar-refractivity contribution in [1.82, 2.24) is 10.6 Å². The lowest BCUT2D eigenvalue weighted by Crippen LogP contribution is -2.53. The fourth-order valence-corrected chi connectivity index (χ4v) is 4.44.